The Hall–Kier alpha value is -4.48. The number of carboxylic acid groups (broad SMARTS) is 2. The standard InChI is InChI=1S/C23H27NO11/c1-4-19(26)33-11-7-8-18(25)24(14-16(22(29)30)9-12-34-20(27)5-2)15-17(23(31)32)10-13-35-21(28)6-3/h4-6,14-15H,1-3,7-13H2,(H,29,30)(H,31,32)/b16-14-,17-15+. The Kier molecular flexibility index (Phi) is 14.9. The summed E-state index contributed by atoms with van der Waals surface area (Å²) >= 11 is 0. The molecule has 190 valence electrons. The van der Waals surface area contributed by atoms with Crippen LogP contribution in [-0.2, 0) is 43.0 Å². The third-order valence-electron chi connectivity index (χ3n) is 3.94. The van der Waals surface area contributed by atoms with Crippen molar-refractivity contribution in [2.75, 3.05) is 19.8 Å². The molecule has 0 aromatic carbocycles. The zero-order valence-electron chi connectivity index (χ0n) is 19.0. The molecule has 0 bridgehead atoms. The molecule has 0 unspecified atom stereocenters. The maximum absolute atomic E-state index is 12.7. The third-order valence-corrected chi connectivity index (χ3v) is 3.94. The van der Waals surface area contributed by atoms with Crippen molar-refractivity contribution in [2.45, 2.75) is 25.7 Å². The minimum atomic E-state index is -1.44. The zero-order chi connectivity index (χ0) is 26.8. The van der Waals surface area contributed by atoms with E-state index in [1.165, 1.54) is 0 Å². The molecule has 35 heavy (non-hydrogen) atoms. The van der Waals surface area contributed by atoms with Gasteiger partial charge in [0.15, 0.2) is 0 Å². The molecule has 0 aliphatic carbocycles. The van der Waals surface area contributed by atoms with Crippen LogP contribution in [-0.4, -0.2) is 70.7 Å². The number of nitrogens with zero attached hydrogens (tertiary/aromatic N) is 1. The van der Waals surface area contributed by atoms with Gasteiger partial charge in [0, 0.05) is 49.9 Å². The van der Waals surface area contributed by atoms with Crippen LogP contribution < -0.4 is 0 Å². The van der Waals surface area contributed by atoms with Crippen LogP contribution in [0.2, 0.25) is 0 Å². The van der Waals surface area contributed by atoms with Crippen LogP contribution in [0.1, 0.15) is 25.7 Å². The van der Waals surface area contributed by atoms with E-state index in [2.05, 4.69) is 19.7 Å². The molecule has 0 spiro atoms. The first-order chi connectivity index (χ1) is 16.5. The Balaban J connectivity index is 5.81. The van der Waals surface area contributed by atoms with Crippen molar-refractivity contribution >= 4 is 35.8 Å². The smallest absolute Gasteiger partial charge is 0.333 e. The third kappa shape index (κ3) is 13.6. The summed E-state index contributed by atoms with van der Waals surface area (Å²) in [7, 11) is 0. The number of aliphatic carboxylic acids is 2. The number of amides is 1. The quantitative estimate of drug-likeness (QED) is 0.130. The fourth-order valence-corrected chi connectivity index (χ4v) is 2.20. The summed E-state index contributed by atoms with van der Waals surface area (Å²) in [5.74, 6) is -5.86. The second-order valence-electron chi connectivity index (χ2n) is 6.44. The molecule has 0 aromatic rings. The van der Waals surface area contributed by atoms with Gasteiger partial charge < -0.3 is 24.4 Å². The number of carbonyl (C=O) groups excluding carboxylic acids is 4. The highest BCUT2D eigenvalue weighted by Gasteiger charge is 2.18. The Labute approximate surface area is 201 Å². The van der Waals surface area contributed by atoms with E-state index >= 15 is 0 Å². The molecule has 12 heteroatoms. The average molecular weight is 493 g/mol. The summed E-state index contributed by atoms with van der Waals surface area (Å²) in [6, 6.07) is 0. The molecule has 2 N–H and O–H groups in total. The van der Waals surface area contributed by atoms with Crippen molar-refractivity contribution < 1.29 is 53.2 Å². The van der Waals surface area contributed by atoms with Gasteiger partial charge in [-0.05, 0) is 6.42 Å². The molecule has 0 rings (SSSR count). The van der Waals surface area contributed by atoms with Crippen LogP contribution in [0, 0.1) is 0 Å². The normalized spacial score (nSPS) is 11.0. The van der Waals surface area contributed by atoms with Gasteiger partial charge in [0.05, 0.1) is 31.0 Å². The van der Waals surface area contributed by atoms with Gasteiger partial charge in [-0.2, -0.15) is 0 Å². The molecule has 12 nitrogen and oxygen atoms in total. The largest absolute Gasteiger partial charge is 0.478 e. The number of ether oxygens (including phenoxy) is 3. The van der Waals surface area contributed by atoms with Gasteiger partial charge in [0.2, 0.25) is 5.91 Å². The van der Waals surface area contributed by atoms with E-state index < -0.39 is 35.8 Å². The molecule has 0 saturated heterocycles. The zero-order valence-corrected chi connectivity index (χ0v) is 19.0. The van der Waals surface area contributed by atoms with Crippen molar-refractivity contribution in [3.05, 3.63) is 61.5 Å². The van der Waals surface area contributed by atoms with Gasteiger partial charge in [0.1, 0.15) is 0 Å². The van der Waals surface area contributed by atoms with Crippen molar-refractivity contribution in [2.24, 2.45) is 0 Å². The van der Waals surface area contributed by atoms with Gasteiger partial charge in [-0.15, -0.1) is 0 Å². The summed E-state index contributed by atoms with van der Waals surface area (Å²) in [6.07, 6.45) is 3.70. The molecular formula is C23H27NO11. The van der Waals surface area contributed by atoms with Crippen LogP contribution in [0.25, 0.3) is 0 Å². The number of esters is 3. The SMILES string of the molecule is C=CC(=O)OCCCC(=O)N(/C=C(/CCOC(=O)C=C)C(=O)O)/C=C(\CCOC(=O)C=C)C(=O)O. The van der Waals surface area contributed by atoms with E-state index in [1.54, 1.807) is 0 Å². The van der Waals surface area contributed by atoms with Gasteiger partial charge in [-0.25, -0.2) is 24.0 Å². The highest BCUT2D eigenvalue weighted by atomic mass is 16.5. The predicted molar refractivity (Wildman–Crippen MR) is 120 cm³/mol. The number of hydrogen-bond donors (Lipinski definition) is 2. The van der Waals surface area contributed by atoms with Crippen molar-refractivity contribution in [1.29, 1.82) is 0 Å². The Bertz CT molecular complexity index is 860. The topological polar surface area (TPSA) is 174 Å². The summed E-state index contributed by atoms with van der Waals surface area (Å²) < 4.78 is 14.3. The molecule has 0 atom stereocenters. The van der Waals surface area contributed by atoms with Crippen molar-refractivity contribution in [3.8, 4) is 0 Å². The fraction of sp³-hybridized carbons (Fsp3) is 0.304. The van der Waals surface area contributed by atoms with E-state index in [0.717, 1.165) is 35.5 Å². The van der Waals surface area contributed by atoms with Crippen LogP contribution in [0.15, 0.2) is 61.5 Å². The summed E-state index contributed by atoms with van der Waals surface area (Å²) in [5, 5.41) is 18.9. The lowest BCUT2D eigenvalue weighted by molar-refractivity contribution is -0.139. The number of carboxylic acids is 2. The van der Waals surface area contributed by atoms with Gasteiger partial charge in [0.25, 0.3) is 0 Å². The van der Waals surface area contributed by atoms with Gasteiger partial charge in [-0.3, -0.25) is 9.69 Å². The minimum absolute atomic E-state index is 0.0509. The molecule has 0 saturated carbocycles. The maximum Gasteiger partial charge on any atom is 0.333 e. The van der Waals surface area contributed by atoms with E-state index in [9.17, 15) is 39.0 Å². The van der Waals surface area contributed by atoms with Crippen LogP contribution in [0.3, 0.4) is 0 Å². The van der Waals surface area contributed by atoms with Crippen LogP contribution in [0.4, 0.5) is 0 Å². The maximum atomic E-state index is 12.7. The minimum Gasteiger partial charge on any atom is -0.478 e. The summed E-state index contributed by atoms with van der Waals surface area (Å²) in [5.41, 5.74) is -0.736. The lowest BCUT2D eigenvalue weighted by atomic mass is 10.1. The molecule has 0 aliphatic heterocycles. The van der Waals surface area contributed by atoms with Gasteiger partial charge >= 0.3 is 29.8 Å². The lowest BCUT2D eigenvalue weighted by Crippen LogP contribution is -2.24. The number of hydrogen-bond acceptors (Lipinski definition) is 9. The first-order valence-electron chi connectivity index (χ1n) is 10.1. The van der Waals surface area contributed by atoms with Crippen LogP contribution in [0.5, 0.6) is 0 Å². The second-order valence-corrected chi connectivity index (χ2v) is 6.44. The number of carbonyl (C=O) groups is 6. The first kappa shape index (κ1) is 30.5. The van der Waals surface area contributed by atoms with Crippen molar-refractivity contribution in [1.82, 2.24) is 4.90 Å². The lowest BCUT2D eigenvalue weighted by Gasteiger charge is -2.17. The van der Waals surface area contributed by atoms with E-state index in [1.807, 2.05) is 0 Å². The second kappa shape index (κ2) is 17.1. The molecule has 0 fully saturated rings. The van der Waals surface area contributed by atoms with E-state index in [0.29, 0.717) is 0 Å². The molecule has 0 aromatic heterocycles. The Morgan fingerprint density at radius 3 is 1.34 bits per heavy atom. The highest BCUT2D eigenvalue weighted by molar-refractivity contribution is 5.90. The molecule has 0 heterocycles. The van der Waals surface area contributed by atoms with E-state index in [-0.39, 0.29) is 56.7 Å². The fourth-order valence-electron chi connectivity index (χ4n) is 2.20. The molecular weight excluding hydrogens is 466 g/mol. The van der Waals surface area contributed by atoms with Crippen LogP contribution >= 0.6 is 0 Å². The monoisotopic (exact) mass is 493 g/mol. The number of rotatable bonds is 17. The molecule has 0 aliphatic rings. The Morgan fingerprint density at radius 2 is 1.00 bits per heavy atom. The summed E-state index contributed by atoms with van der Waals surface area (Å²) in [6.45, 7) is 8.85. The van der Waals surface area contributed by atoms with E-state index in [4.69, 9.17) is 14.2 Å². The summed E-state index contributed by atoms with van der Waals surface area (Å²) in [4.78, 5) is 70.2. The van der Waals surface area contributed by atoms with Crippen molar-refractivity contribution in [3.63, 3.8) is 0 Å². The molecule has 1 amide bonds. The first-order valence-corrected chi connectivity index (χ1v) is 10.1. The Morgan fingerprint density at radius 1 is 0.629 bits per heavy atom. The van der Waals surface area contributed by atoms with Gasteiger partial charge in [-0.1, -0.05) is 19.7 Å². The molecule has 0 radical (unpaired) electrons. The highest BCUT2D eigenvalue weighted by Crippen LogP contribution is 2.13. The average Bonchev–Trinajstić information content (AvgIpc) is 2.83. The predicted octanol–water partition coefficient (Wildman–Crippen LogP) is 1.50.